The van der Waals surface area contributed by atoms with E-state index in [-0.39, 0.29) is 33.7 Å². The zero-order chi connectivity index (χ0) is 26.1. The second-order valence-electron chi connectivity index (χ2n) is 6.79. The molecule has 0 bridgehead atoms. The molecule has 1 N–H and O–H groups in total. The average molecular weight is 483 g/mol. The van der Waals surface area contributed by atoms with Gasteiger partial charge < -0.3 is 4.74 Å². The maximum Gasteiger partial charge on any atom is 0.413 e. The zero-order valence-electron chi connectivity index (χ0n) is 20.6. The Labute approximate surface area is 194 Å². The molecule has 1 amide bonds. The minimum absolute atomic E-state index is 0.114. The van der Waals surface area contributed by atoms with Crippen LogP contribution in [0.4, 0.5) is 16.3 Å². The van der Waals surface area contributed by atoms with E-state index in [1.54, 1.807) is 19.1 Å². The van der Waals surface area contributed by atoms with Crippen LogP contribution in [0.25, 0.3) is 11.4 Å². The number of nitrogens with one attached hydrogen (secondary N) is 1. The Morgan fingerprint density at radius 1 is 1.38 bits per heavy atom. The first-order valence-corrected chi connectivity index (χ1v) is 11.4. The lowest BCUT2D eigenvalue weighted by Crippen LogP contribution is -2.25. The summed E-state index contributed by atoms with van der Waals surface area (Å²) in [6, 6.07) is 6.02. The van der Waals surface area contributed by atoms with Crippen LogP contribution >= 0.6 is 11.6 Å². The molecule has 0 saturated carbocycles. The normalized spacial score (nSPS) is 14.1. The number of halogens is 1. The van der Waals surface area contributed by atoms with Crippen LogP contribution < -0.4 is 9.62 Å². The number of rotatable bonds is 6. The molecule has 3 aromatic rings. The number of aromatic nitrogens is 5. The molecule has 13 heteroatoms. The van der Waals surface area contributed by atoms with Crippen molar-refractivity contribution < 1.29 is 22.1 Å². The largest absolute Gasteiger partial charge is 0.441 e. The highest BCUT2D eigenvalue weighted by atomic mass is 35.5. The van der Waals surface area contributed by atoms with Gasteiger partial charge in [0.1, 0.15) is 11.3 Å². The van der Waals surface area contributed by atoms with Gasteiger partial charge in [-0.15, -0.1) is 5.10 Å². The fourth-order valence-electron chi connectivity index (χ4n) is 2.80. The predicted octanol–water partition coefficient (Wildman–Crippen LogP) is 2.94. The van der Waals surface area contributed by atoms with Crippen LogP contribution in [0.15, 0.2) is 30.5 Å². The number of ether oxygens (including phenoxy) is 1. The molecule has 0 fully saturated rings. The summed E-state index contributed by atoms with van der Waals surface area (Å²) in [7, 11) is -2.59. The smallest absolute Gasteiger partial charge is 0.413 e. The van der Waals surface area contributed by atoms with Crippen molar-refractivity contribution in [1.29, 1.82) is 0 Å². The van der Waals surface area contributed by atoms with E-state index in [0.717, 1.165) is 6.26 Å². The molecule has 32 heavy (non-hydrogen) atoms. The van der Waals surface area contributed by atoms with Gasteiger partial charge >= 0.3 is 6.09 Å². The quantitative estimate of drug-likeness (QED) is 0.530. The van der Waals surface area contributed by atoms with E-state index in [4.69, 9.17) is 20.5 Å². The number of anilines is 2. The van der Waals surface area contributed by atoms with Gasteiger partial charge in [-0.05, 0) is 32.0 Å². The number of nitrogens with zero attached hydrogens (tertiary/aromatic N) is 6. The minimum Gasteiger partial charge on any atom is -0.441 e. The standard InChI is InChI=1S/C19H22ClN7O4S/c1-11-15(27(4)32(5,29)30)9-8-14(22-11)16-18(26(3)25-24-16)23-19(28)31-12(2)13-7-6-10-21-17(13)20/h6-10,12H,1-5H3,(H,23,28)/t12-/m1/s1/i4D3. The molecule has 11 nitrogen and oxygen atoms in total. The lowest BCUT2D eigenvalue weighted by atomic mass is 10.2. The van der Waals surface area contributed by atoms with Gasteiger partial charge in [0.15, 0.2) is 11.5 Å². The summed E-state index contributed by atoms with van der Waals surface area (Å²) in [5.74, 6) is 0.148. The number of hydrogen-bond donors (Lipinski definition) is 1. The summed E-state index contributed by atoms with van der Waals surface area (Å²) in [6.07, 6.45) is 0.785. The maximum atomic E-state index is 12.6. The van der Waals surface area contributed by atoms with Crippen molar-refractivity contribution >= 4 is 39.2 Å². The fraction of sp³-hybridized carbons (Fsp3) is 0.316. The molecule has 0 radical (unpaired) electrons. The first kappa shape index (κ1) is 19.4. The van der Waals surface area contributed by atoms with Gasteiger partial charge in [0.05, 0.1) is 23.3 Å². The molecule has 1 atom stereocenters. The van der Waals surface area contributed by atoms with E-state index in [2.05, 4.69) is 25.6 Å². The highest BCUT2D eigenvalue weighted by Gasteiger charge is 2.22. The van der Waals surface area contributed by atoms with Crippen molar-refractivity contribution in [3.05, 3.63) is 46.9 Å². The molecule has 3 aromatic heterocycles. The van der Waals surface area contributed by atoms with Crippen LogP contribution in [-0.2, 0) is 21.8 Å². The summed E-state index contributed by atoms with van der Waals surface area (Å²) in [4.78, 5) is 20.8. The van der Waals surface area contributed by atoms with E-state index in [1.165, 1.54) is 37.0 Å². The Morgan fingerprint density at radius 2 is 2.12 bits per heavy atom. The number of pyridine rings is 2. The number of sulfonamides is 1. The second kappa shape index (κ2) is 9.09. The van der Waals surface area contributed by atoms with Crippen molar-refractivity contribution in [2.24, 2.45) is 7.05 Å². The van der Waals surface area contributed by atoms with Crippen LogP contribution in [0.3, 0.4) is 0 Å². The third-order valence-electron chi connectivity index (χ3n) is 4.41. The van der Waals surface area contributed by atoms with Crippen LogP contribution in [0.5, 0.6) is 0 Å². The molecular weight excluding hydrogens is 458 g/mol. The fourth-order valence-corrected chi connectivity index (χ4v) is 3.62. The van der Waals surface area contributed by atoms with Gasteiger partial charge in [-0.1, -0.05) is 22.9 Å². The average Bonchev–Trinajstić information content (AvgIpc) is 3.07. The monoisotopic (exact) mass is 482 g/mol. The molecule has 0 saturated heterocycles. The molecular formula is C19H22ClN7O4S. The SMILES string of the molecule is [2H]C([2H])([2H])N(c1ccc(-c2nnn(C)c2NC(=O)O[C@H](C)c2cccnc2Cl)nc1C)S(C)(=O)=O. The number of aryl methyl sites for hydroxylation is 2. The Hall–Kier alpha value is -3.25. The number of amides is 1. The number of carbonyl (C=O) groups is 1. The third kappa shape index (κ3) is 4.97. The van der Waals surface area contributed by atoms with E-state index in [0.29, 0.717) is 9.87 Å². The van der Waals surface area contributed by atoms with Gasteiger partial charge in [0.25, 0.3) is 0 Å². The van der Waals surface area contributed by atoms with E-state index < -0.39 is 29.2 Å². The van der Waals surface area contributed by atoms with E-state index >= 15 is 0 Å². The second-order valence-corrected chi connectivity index (χ2v) is 8.98. The Balaban J connectivity index is 1.89. The van der Waals surface area contributed by atoms with Crippen molar-refractivity contribution in [2.45, 2.75) is 20.0 Å². The number of carbonyl (C=O) groups excluding carboxylic acids is 1. The topological polar surface area (TPSA) is 132 Å². The minimum atomic E-state index is -4.12. The van der Waals surface area contributed by atoms with Gasteiger partial charge in [-0.3, -0.25) is 9.62 Å². The lowest BCUT2D eigenvalue weighted by molar-refractivity contribution is 0.121. The van der Waals surface area contributed by atoms with Crippen molar-refractivity contribution in [1.82, 2.24) is 25.0 Å². The molecule has 0 aliphatic heterocycles. The van der Waals surface area contributed by atoms with Crippen molar-refractivity contribution in [3.8, 4) is 11.4 Å². The highest BCUT2D eigenvalue weighted by molar-refractivity contribution is 7.92. The van der Waals surface area contributed by atoms with Gasteiger partial charge in [0, 0.05) is 29.9 Å². The summed E-state index contributed by atoms with van der Waals surface area (Å²) < 4.78 is 54.0. The molecule has 0 aliphatic rings. The highest BCUT2D eigenvalue weighted by Crippen LogP contribution is 2.29. The summed E-state index contributed by atoms with van der Waals surface area (Å²) in [5, 5.41) is 10.7. The summed E-state index contributed by atoms with van der Waals surface area (Å²) in [5.41, 5.74) is 0.896. The molecule has 3 heterocycles. The van der Waals surface area contributed by atoms with E-state index in [1.807, 2.05) is 0 Å². The summed E-state index contributed by atoms with van der Waals surface area (Å²) in [6.45, 7) is 0.144. The Morgan fingerprint density at radius 3 is 2.75 bits per heavy atom. The van der Waals surface area contributed by atoms with Crippen molar-refractivity contribution in [2.75, 3.05) is 22.9 Å². The number of hydrogen-bond acceptors (Lipinski definition) is 8. The van der Waals surface area contributed by atoms with Gasteiger partial charge in [-0.2, -0.15) is 0 Å². The van der Waals surface area contributed by atoms with Crippen molar-refractivity contribution in [3.63, 3.8) is 0 Å². The van der Waals surface area contributed by atoms with Crippen LogP contribution in [-0.4, -0.2) is 52.7 Å². The maximum absolute atomic E-state index is 12.6. The van der Waals surface area contributed by atoms with Crippen LogP contribution in [0.2, 0.25) is 5.15 Å². The predicted molar refractivity (Wildman–Crippen MR) is 120 cm³/mol. The molecule has 170 valence electrons. The third-order valence-corrected chi connectivity index (χ3v) is 5.58. The molecule has 0 aromatic carbocycles. The zero-order valence-corrected chi connectivity index (χ0v) is 19.1. The van der Waals surface area contributed by atoms with Gasteiger partial charge in [-0.25, -0.2) is 27.9 Å². The first-order valence-electron chi connectivity index (χ1n) is 10.7. The van der Waals surface area contributed by atoms with Crippen LogP contribution in [0.1, 0.15) is 28.4 Å². The lowest BCUT2D eigenvalue weighted by Gasteiger charge is -2.18. The van der Waals surface area contributed by atoms with Gasteiger partial charge in [0.2, 0.25) is 10.0 Å². The van der Waals surface area contributed by atoms with Crippen LogP contribution in [0, 0.1) is 6.92 Å². The Kier molecular flexibility index (Phi) is 5.52. The Bertz CT molecular complexity index is 1360. The first-order chi connectivity index (χ1) is 16.2. The summed E-state index contributed by atoms with van der Waals surface area (Å²) >= 11 is 6.05. The van der Waals surface area contributed by atoms with E-state index in [9.17, 15) is 13.2 Å². The molecule has 0 unspecified atom stereocenters. The molecule has 0 spiro atoms. The molecule has 3 rings (SSSR count). The molecule has 0 aliphatic carbocycles.